The molecule has 4 amide bonds. The number of rotatable bonds is 6. The number of carbonyl (C=O) groups excluding carboxylic acids is 3. The van der Waals surface area contributed by atoms with E-state index in [9.17, 15) is 14.4 Å². The second-order valence-corrected chi connectivity index (χ2v) is 4.86. The van der Waals surface area contributed by atoms with E-state index in [-0.39, 0.29) is 12.3 Å². The van der Waals surface area contributed by atoms with E-state index in [1.165, 1.54) is 0 Å². The number of carbonyl (C=O) groups is 3. The van der Waals surface area contributed by atoms with Crippen LogP contribution in [0, 0.1) is 0 Å². The lowest BCUT2D eigenvalue weighted by atomic mass is 10.1. The zero-order valence-corrected chi connectivity index (χ0v) is 11.5. The molecule has 21 heavy (non-hydrogen) atoms. The van der Waals surface area contributed by atoms with Crippen LogP contribution in [0.3, 0.4) is 0 Å². The fourth-order valence-corrected chi connectivity index (χ4v) is 2.06. The first-order chi connectivity index (χ1) is 10.1. The molecule has 0 spiro atoms. The minimum Gasteiger partial charge on any atom is -0.330 e. The van der Waals surface area contributed by atoms with Gasteiger partial charge in [-0.25, -0.2) is 4.79 Å². The quantitative estimate of drug-likeness (QED) is 0.557. The van der Waals surface area contributed by atoms with Crippen LogP contribution in [0.4, 0.5) is 10.5 Å². The second-order valence-electron chi connectivity index (χ2n) is 4.86. The highest BCUT2D eigenvalue weighted by Gasteiger charge is 2.31. The number of imide groups is 1. The molecule has 0 radical (unpaired) electrons. The second kappa shape index (κ2) is 6.85. The number of amides is 4. The Balaban J connectivity index is 1.85. The maximum absolute atomic E-state index is 11.8. The summed E-state index contributed by atoms with van der Waals surface area (Å²) in [7, 11) is 0. The molecule has 0 aromatic heterocycles. The lowest BCUT2D eigenvalue weighted by Gasteiger charge is -2.09. The van der Waals surface area contributed by atoms with Crippen LogP contribution in [0.1, 0.15) is 18.4 Å². The van der Waals surface area contributed by atoms with Gasteiger partial charge in [0.25, 0.3) is 5.91 Å². The molecule has 1 aliphatic rings. The SMILES string of the molecule is NCCCc1ccc(NC(=O)CC2NC(=O)NC2=O)cc1. The van der Waals surface area contributed by atoms with Crippen LogP contribution in [-0.4, -0.2) is 30.4 Å². The van der Waals surface area contributed by atoms with Crippen molar-refractivity contribution in [3.05, 3.63) is 29.8 Å². The Morgan fingerprint density at radius 2 is 1.95 bits per heavy atom. The topological polar surface area (TPSA) is 113 Å². The van der Waals surface area contributed by atoms with E-state index in [0.29, 0.717) is 12.2 Å². The molecular formula is C14H18N4O3. The zero-order valence-electron chi connectivity index (χ0n) is 11.5. The molecule has 7 nitrogen and oxygen atoms in total. The Kier molecular flexibility index (Phi) is 4.89. The fourth-order valence-electron chi connectivity index (χ4n) is 2.06. The van der Waals surface area contributed by atoms with E-state index in [0.717, 1.165) is 18.4 Å². The van der Waals surface area contributed by atoms with Crippen LogP contribution in [0.25, 0.3) is 0 Å². The summed E-state index contributed by atoms with van der Waals surface area (Å²) in [6, 6.07) is 6.09. The molecule has 0 bridgehead atoms. The maximum atomic E-state index is 11.8. The van der Waals surface area contributed by atoms with Crippen molar-refractivity contribution >= 4 is 23.5 Å². The predicted octanol–water partition coefficient (Wildman–Crippen LogP) is 0.114. The highest BCUT2D eigenvalue weighted by atomic mass is 16.2. The first-order valence-corrected chi connectivity index (χ1v) is 6.78. The molecule has 1 aromatic rings. The van der Waals surface area contributed by atoms with Crippen LogP contribution in [-0.2, 0) is 16.0 Å². The largest absolute Gasteiger partial charge is 0.330 e. The van der Waals surface area contributed by atoms with Gasteiger partial charge in [0.2, 0.25) is 5.91 Å². The summed E-state index contributed by atoms with van der Waals surface area (Å²) < 4.78 is 0. The normalized spacial score (nSPS) is 17.3. The molecule has 0 saturated carbocycles. The molecule has 1 atom stereocenters. The summed E-state index contributed by atoms with van der Waals surface area (Å²) in [5.74, 6) is -0.806. The highest BCUT2D eigenvalue weighted by Crippen LogP contribution is 2.12. The minimum atomic E-state index is -0.804. The van der Waals surface area contributed by atoms with E-state index in [1.54, 1.807) is 12.1 Å². The van der Waals surface area contributed by atoms with Crippen LogP contribution >= 0.6 is 0 Å². The molecule has 1 heterocycles. The van der Waals surface area contributed by atoms with Gasteiger partial charge in [-0.3, -0.25) is 14.9 Å². The number of hydrogen-bond acceptors (Lipinski definition) is 4. The maximum Gasteiger partial charge on any atom is 0.322 e. The highest BCUT2D eigenvalue weighted by molar-refractivity contribution is 6.06. The van der Waals surface area contributed by atoms with Gasteiger partial charge in [-0.1, -0.05) is 12.1 Å². The number of hydrogen-bond donors (Lipinski definition) is 4. The number of anilines is 1. The molecule has 1 saturated heterocycles. The molecule has 5 N–H and O–H groups in total. The number of nitrogens with two attached hydrogens (primary N) is 1. The molecule has 7 heteroatoms. The van der Waals surface area contributed by atoms with Gasteiger partial charge in [0.05, 0.1) is 6.42 Å². The summed E-state index contributed by atoms with van der Waals surface area (Å²) in [6.45, 7) is 0.646. The minimum absolute atomic E-state index is 0.0908. The Labute approximate surface area is 122 Å². The molecule has 0 aliphatic carbocycles. The summed E-state index contributed by atoms with van der Waals surface area (Å²) in [4.78, 5) is 34.1. The van der Waals surface area contributed by atoms with Gasteiger partial charge in [-0.2, -0.15) is 0 Å². The van der Waals surface area contributed by atoms with Gasteiger partial charge < -0.3 is 16.4 Å². The number of nitrogens with one attached hydrogen (secondary N) is 3. The Bertz CT molecular complexity index is 542. The monoisotopic (exact) mass is 290 g/mol. The molecule has 1 aromatic carbocycles. The Hall–Kier alpha value is -2.41. The van der Waals surface area contributed by atoms with Gasteiger partial charge in [-0.15, -0.1) is 0 Å². The van der Waals surface area contributed by atoms with E-state index in [1.807, 2.05) is 12.1 Å². The fraction of sp³-hybridized carbons (Fsp3) is 0.357. The number of urea groups is 1. The smallest absolute Gasteiger partial charge is 0.322 e. The van der Waals surface area contributed by atoms with Gasteiger partial charge >= 0.3 is 6.03 Å². The van der Waals surface area contributed by atoms with E-state index >= 15 is 0 Å². The van der Waals surface area contributed by atoms with Crippen LogP contribution < -0.4 is 21.7 Å². The third kappa shape index (κ3) is 4.28. The van der Waals surface area contributed by atoms with Gasteiger partial charge in [-0.05, 0) is 37.1 Å². The van der Waals surface area contributed by atoms with Crippen molar-refractivity contribution in [2.45, 2.75) is 25.3 Å². The van der Waals surface area contributed by atoms with Crippen LogP contribution in [0.2, 0.25) is 0 Å². The van der Waals surface area contributed by atoms with Gasteiger partial charge in [0, 0.05) is 5.69 Å². The molecule has 1 aliphatic heterocycles. The predicted molar refractivity (Wildman–Crippen MR) is 77.5 cm³/mol. The number of benzene rings is 1. The Morgan fingerprint density at radius 1 is 1.24 bits per heavy atom. The van der Waals surface area contributed by atoms with Crippen molar-refractivity contribution in [1.82, 2.24) is 10.6 Å². The van der Waals surface area contributed by atoms with Crippen LogP contribution in [0.5, 0.6) is 0 Å². The van der Waals surface area contributed by atoms with Gasteiger partial charge in [0.1, 0.15) is 6.04 Å². The molecule has 112 valence electrons. The third-order valence-electron chi connectivity index (χ3n) is 3.16. The van der Waals surface area contributed by atoms with Gasteiger partial charge in [0.15, 0.2) is 0 Å². The molecule has 1 fully saturated rings. The Morgan fingerprint density at radius 3 is 2.52 bits per heavy atom. The standard InChI is InChI=1S/C14H18N4O3/c15-7-1-2-9-3-5-10(6-4-9)16-12(19)8-11-13(20)18-14(21)17-11/h3-6,11H,1-2,7-8,15H2,(H,16,19)(H2,17,18,20,21). The molecule has 1 unspecified atom stereocenters. The van der Waals surface area contributed by atoms with Crippen molar-refractivity contribution < 1.29 is 14.4 Å². The summed E-state index contributed by atoms with van der Waals surface area (Å²) in [6.07, 6.45) is 1.73. The van der Waals surface area contributed by atoms with Crippen molar-refractivity contribution in [3.8, 4) is 0 Å². The van der Waals surface area contributed by atoms with Crippen molar-refractivity contribution in [3.63, 3.8) is 0 Å². The first kappa shape index (κ1) is 15.0. The lowest BCUT2D eigenvalue weighted by molar-refractivity contribution is -0.124. The number of aryl methyl sites for hydroxylation is 1. The first-order valence-electron chi connectivity index (χ1n) is 6.78. The summed E-state index contributed by atoms with van der Waals surface area (Å²) >= 11 is 0. The van der Waals surface area contributed by atoms with Crippen molar-refractivity contribution in [2.24, 2.45) is 5.73 Å². The lowest BCUT2D eigenvalue weighted by Crippen LogP contribution is -2.33. The van der Waals surface area contributed by atoms with E-state index in [2.05, 4.69) is 16.0 Å². The molecule has 2 rings (SSSR count). The van der Waals surface area contributed by atoms with Crippen molar-refractivity contribution in [1.29, 1.82) is 0 Å². The third-order valence-corrected chi connectivity index (χ3v) is 3.16. The summed E-state index contributed by atoms with van der Waals surface area (Å²) in [5.41, 5.74) is 7.26. The average Bonchev–Trinajstić information content (AvgIpc) is 2.76. The van der Waals surface area contributed by atoms with Crippen LogP contribution in [0.15, 0.2) is 24.3 Å². The van der Waals surface area contributed by atoms with E-state index in [4.69, 9.17) is 5.73 Å². The zero-order chi connectivity index (χ0) is 15.2. The van der Waals surface area contributed by atoms with E-state index < -0.39 is 18.0 Å². The van der Waals surface area contributed by atoms with Crippen molar-refractivity contribution in [2.75, 3.05) is 11.9 Å². The summed E-state index contributed by atoms with van der Waals surface area (Å²) in [5, 5.41) is 7.16. The average molecular weight is 290 g/mol. The molecular weight excluding hydrogens is 272 g/mol.